The van der Waals surface area contributed by atoms with Gasteiger partial charge in [0.05, 0.1) is 12.7 Å². The van der Waals surface area contributed by atoms with Crippen molar-refractivity contribution in [2.24, 2.45) is 0 Å². The normalized spacial score (nSPS) is 9.64. The van der Waals surface area contributed by atoms with E-state index in [1.54, 1.807) is 12.3 Å². The quantitative estimate of drug-likeness (QED) is 0.615. The largest absolute Gasteiger partial charge is 0.465 e. The molecule has 0 radical (unpaired) electrons. The van der Waals surface area contributed by atoms with Crippen LogP contribution in [0.4, 0.5) is 0 Å². The second-order valence-electron chi connectivity index (χ2n) is 1.82. The third kappa shape index (κ3) is 2.13. The molecule has 0 aliphatic carbocycles. The number of methoxy groups -OCH3 is 1. The van der Waals surface area contributed by atoms with Crippen LogP contribution in [0, 0.1) is 0 Å². The molecular weight excluding hydrogens is 277 g/mol. The number of esters is 1. The van der Waals surface area contributed by atoms with E-state index in [0.29, 0.717) is 5.56 Å². The Hall–Kier alpha value is -0.170. The third-order valence-electron chi connectivity index (χ3n) is 1.17. The van der Waals surface area contributed by atoms with Crippen LogP contribution >= 0.6 is 30.3 Å². The number of carbonyl (C=O) groups is 1. The molecule has 1 heterocycles. The standard InChI is InChI=1S/C6H6INO2S/c1-10-6(9)5-2-3-8(4-5)11-7/h2-4H,1H3. The molecule has 60 valence electrons. The molecule has 1 aromatic heterocycles. The number of hydrogen-bond acceptors (Lipinski definition) is 3. The van der Waals surface area contributed by atoms with E-state index >= 15 is 0 Å². The van der Waals surface area contributed by atoms with Crippen LogP contribution in [0.3, 0.4) is 0 Å². The smallest absolute Gasteiger partial charge is 0.339 e. The third-order valence-corrected chi connectivity index (χ3v) is 2.92. The fraction of sp³-hybridized carbons (Fsp3) is 0.167. The van der Waals surface area contributed by atoms with Crippen LogP contribution in [-0.4, -0.2) is 17.1 Å². The predicted octanol–water partition coefficient (Wildman–Crippen LogP) is 2.12. The second-order valence-corrected chi connectivity index (χ2v) is 3.56. The summed E-state index contributed by atoms with van der Waals surface area (Å²) in [6.45, 7) is 0. The van der Waals surface area contributed by atoms with Gasteiger partial charge in [0.15, 0.2) is 0 Å². The van der Waals surface area contributed by atoms with Gasteiger partial charge >= 0.3 is 5.97 Å². The second kappa shape index (κ2) is 4.01. The summed E-state index contributed by atoms with van der Waals surface area (Å²) >= 11 is 2.13. The number of carbonyl (C=O) groups excluding carboxylic acids is 1. The van der Waals surface area contributed by atoms with Gasteiger partial charge in [0.1, 0.15) is 0 Å². The molecule has 0 fully saturated rings. The molecule has 0 bridgehead atoms. The number of rotatable bonds is 2. The van der Waals surface area contributed by atoms with Crippen LogP contribution in [0.2, 0.25) is 0 Å². The van der Waals surface area contributed by atoms with Crippen molar-refractivity contribution in [3.8, 4) is 0 Å². The van der Waals surface area contributed by atoms with Crippen LogP contribution in [0.15, 0.2) is 18.5 Å². The summed E-state index contributed by atoms with van der Waals surface area (Å²) in [5, 5.41) is 0. The van der Waals surface area contributed by atoms with E-state index in [-0.39, 0.29) is 5.97 Å². The van der Waals surface area contributed by atoms with E-state index in [1.807, 2.05) is 10.2 Å². The lowest BCUT2D eigenvalue weighted by atomic mass is 10.3. The van der Waals surface area contributed by atoms with Crippen molar-refractivity contribution < 1.29 is 9.53 Å². The van der Waals surface area contributed by atoms with Crippen molar-refractivity contribution in [2.75, 3.05) is 7.11 Å². The summed E-state index contributed by atoms with van der Waals surface area (Å²) in [7, 11) is 2.87. The van der Waals surface area contributed by atoms with Crippen molar-refractivity contribution in [2.45, 2.75) is 0 Å². The maximum absolute atomic E-state index is 10.9. The SMILES string of the molecule is COC(=O)c1ccn(SI)c1. The van der Waals surface area contributed by atoms with Gasteiger partial charge in [-0.25, -0.2) is 4.79 Å². The van der Waals surface area contributed by atoms with Crippen molar-refractivity contribution in [3.63, 3.8) is 0 Å². The predicted molar refractivity (Wildman–Crippen MR) is 52.8 cm³/mol. The summed E-state index contributed by atoms with van der Waals surface area (Å²) in [5.74, 6) is -0.297. The Morgan fingerprint density at radius 2 is 2.55 bits per heavy atom. The molecule has 0 amide bonds. The highest BCUT2D eigenvalue weighted by molar-refractivity contribution is 14.2. The summed E-state index contributed by atoms with van der Waals surface area (Å²) in [6.07, 6.45) is 3.53. The van der Waals surface area contributed by atoms with Crippen LogP contribution in [-0.2, 0) is 4.74 Å². The van der Waals surface area contributed by atoms with Gasteiger partial charge in [0.25, 0.3) is 0 Å². The first-order valence-corrected chi connectivity index (χ1v) is 6.15. The van der Waals surface area contributed by atoms with Gasteiger partial charge in [-0.1, -0.05) is 0 Å². The maximum atomic E-state index is 10.9. The highest BCUT2D eigenvalue weighted by Crippen LogP contribution is 2.16. The summed E-state index contributed by atoms with van der Waals surface area (Å²) in [4.78, 5) is 10.9. The van der Waals surface area contributed by atoms with Gasteiger partial charge in [0, 0.05) is 42.7 Å². The summed E-state index contributed by atoms with van der Waals surface area (Å²) < 4.78 is 6.36. The van der Waals surface area contributed by atoms with Gasteiger partial charge in [-0.15, -0.1) is 0 Å². The van der Waals surface area contributed by atoms with Crippen LogP contribution < -0.4 is 0 Å². The van der Waals surface area contributed by atoms with Crippen LogP contribution in [0.1, 0.15) is 10.4 Å². The van der Waals surface area contributed by atoms with Crippen LogP contribution in [0.5, 0.6) is 0 Å². The molecule has 0 saturated heterocycles. The Kier molecular flexibility index (Phi) is 3.25. The van der Waals surface area contributed by atoms with Crippen LogP contribution in [0.25, 0.3) is 0 Å². The minimum absolute atomic E-state index is 0.297. The van der Waals surface area contributed by atoms with Gasteiger partial charge in [-0.05, 0) is 6.07 Å². The van der Waals surface area contributed by atoms with E-state index in [2.05, 4.69) is 25.9 Å². The van der Waals surface area contributed by atoms with Crippen molar-refractivity contribution in [1.29, 1.82) is 0 Å². The molecule has 1 aromatic rings. The molecule has 0 atom stereocenters. The lowest BCUT2D eigenvalue weighted by Gasteiger charge is -1.92. The van der Waals surface area contributed by atoms with Gasteiger partial charge in [0.2, 0.25) is 0 Å². The van der Waals surface area contributed by atoms with Crippen molar-refractivity contribution >= 4 is 36.3 Å². The lowest BCUT2D eigenvalue weighted by molar-refractivity contribution is 0.0601. The molecule has 0 aromatic carbocycles. The van der Waals surface area contributed by atoms with Crippen molar-refractivity contribution in [3.05, 3.63) is 24.0 Å². The zero-order chi connectivity index (χ0) is 8.27. The fourth-order valence-electron chi connectivity index (χ4n) is 0.658. The number of nitrogens with zero attached hydrogens (tertiary/aromatic N) is 1. The highest BCUT2D eigenvalue weighted by Gasteiger charge is 2.05. The Balaban J connectivity index is 2.80. The Labute approximate surface area is 80.8 Å². The fourth-order valence-corrected chi connectivity index (χ4v) is 1.65. The van der Waals surface area contributed by atoms with E-state index < -0.39 is 0 Å². The Morgan fingerprint density at radius 3 is 3.00 bits per heavy atom. The van der Waals surface area contributed by atoms with E-state index in [4.69, 9.17) is 0 Å². The zero-order valence-corrected chi connectivity index (χ0v) is 8.76. The Morgan fingerprint density at radius 1 is 1.82 bits per heavy atom. The molecule has 5 heteroatoms. The highest BCUT2D eigenvalue weighted by atomic mass is 127. The van der Waals surface area contributed by atoms with Gasteiger partial charge < -0.3 is 4.74 Å². The van der Waals surface area contributed by atoms with Gasteiger partial charge in [-0.3, -0.25) is 3.97 Å². The Bertz CT molecular complexity index is 261. The van der Waals surface area contributed by atoms with Gasteiger partial charge in [-0.2, -0.15) is 0 Å². The number of aromatic nitrogens is 1. The number of hydrogen-bond donors (Lipinski definition) is 0. The van der Waals surface area contributed by atoms with Crippen molar-refractivity contribution in [1.82, 2.24) is 3.97 Å². The number of ether oxygens (including phenoxy) is 1. The molecule has 0 spiro atoms. The maximum Gasteiger partial charge on any atom is 0.339 e. The molecule has 3 nitrogen and oxygen atoms in total. The molecular formula is C6H6INO2S. The molecule has 0 unspecified atom stereocenters. The average molecular weight is 283 g/mol. The molecule has 0 aliphatic rings. The molecule has 0 saturated carbocycles. The minimum atomic E-state index is -0.297. The first kappa shape index (κ1) is 8.92. The lowest BCUT2D eigenvalue weighted by Crippen LogP contribution is -1.98. The van der Waals surface area contributed by atoms with E-state index in [1.165, 1.54) is 16.2 Å². The summed E-state index contributed by atoms with van der Waals surface area (Å²) in [6, 6.07) is 1.72. The molecule has 1 rings (SSSR count). The van der Waals surface area contributed by atoms with E-state index in [9.17, 15) is 4.79 Å². The average Bonchev–Trinajstić information content (AvgIpc) is 2.50. The summed E-state index contributed by atoms with van der Waals surface area (Å²) in [5.41, 5.74) is 0.580. The number of halogens is 1. The molecule has 11 heavy (non-hydrogen) atoms. The topological polar surface area (TPSA) is 31.2 Å². The zero-order valence-electron chi connectivity index (χ0n) is 5.78. The molecule has 0 N–H and O–H groups in total. The van der Waals surface area contributed by atoms with E-state index in [0.717, 1.165) is 0 Å². The molecule has 0 aliphatic heterocycles. The minimum Gasteiger partial charge on any atom is -0.465 e. The first-order valence-electron chi connectivity index (χ1n) is 2.83. The first-order chi connectivity index (χ1) is 5.27. The monoisotopic (exact) mass is 283 g/mol.